The van der Waals surface area contributed by atoms with Gasteiger partial charge >= 0.3 is 5.97 Å². The highest BCUT2D eigenvalue weighted by atomic mass is 35.5. The van der Waals surface area contributed by atoms with Crippen LogP contribution in [0.15, 0.2) is 48.5 Å². The summed E-state index contributed by atoms with van der Waals surface area (Å²) in [6.45, 7) is 0.182. The van der Waals surface area contributed by atoms with Gasteiger partial charge in [0.05, 0.1) is 0 Å². The quantitative estimate of drug-likeness (QED) is 0.493. The molecular formula is C16H11ClO4. The molecule has 0 unspecified atom stereocenters. The highest BCUT2D eigenvalue weighted by Crippen LogP contribution is 2.35. The summed E-state index contributed by atoms with van der Waals surface area (Å²) in [6.07, 6.45) is 2.98. The van der Waals surface area contributed by atoms with Gasteiger partial charge in [0.25, 0.3) is 0 Å². The normalized spacial score (nSPS) is 12.6. The number of halogens is 1. The fourth-order valence-corrected chi connectivity index (χ4v) is 2.06. The number of fused-ring (bicyclic) bond motifs is 1. The lowest BCUT2D eigenvalue weighted by molar-refractivity contribution is -0.128. The third-order valence-corrected chi connectivity index (χ3v) is 3.06. The van der Waals surface area contributed by atoms with E-state index in [2.05, 4.69) is 0 Å². The predicted octanol–water partition coefficient (Wildman–Crippen LogP) is 3.69. The second-order valence-corrected chi connectivity index (χ2v) is 4.76. The lowest BCUT2D eigenvalue weighted by atomic mass is 10.2. The Morgan fingerprint density at radius 1 is 1.14 bits per heavy atom. The first-order valence-corrected chi connectivity index (χ1v) is 6.64. The van der Waals surface area contributed by atoms with Crippen molar-refractivity contribution in [1.82, 2.24) is 0 Å². The van der Waals surface area contributed by atoms with Gasteiger partial charge in [0.1, 0.15) is 5.75 Å². The van der Waals surface area contributed by atoms with Crippen LogP contribution in [-0.2, 0) is 4.79 Å². The van der Waals surface area contributed by atoms with Crippen molar-refractivity contribution in [2.75, 3.05) is 6.79 Å². The molecule has 2 aromatic rings. The molecule has 0 saturated heterocycles. The van der Waals surface area contributed by atoms with Crippen molar-refractivity contribution < 1.29 is 19.0 Å². The van der Waals surface area contributed by atoms with Gasteiger partial charge < -0.3 is 14.2 Å². The molecule has 0 N–H and O–H groups in total. The topological polar surface area (TPSA) is 44.8 Å². The Bertz CT molecular complexity index is 709. The lowest BCUT2D eigenvalue weighted by Gasteiger charge is -2.02. The molecule has 2 aromatic carbocycles. The smallest absolute Gasteiger partial charge is 0.336 e. The third kappa shape index (κ3) is 3.35. The second-order valence-electron chi connectivity index (χ2n) is 4.32. The van der Waals surface area contributed by atoms with Crippen LogP contribution >= 0.6 is 11.6 Å². The van der Waals surface area contributed by atoms with Crippen LogP contribution in [0.5, 0.6) is 17.2 Å². The van der Waals surface area contributed by atoms with E-state index in [1.165, 1.54) is 6.08 Å². The third-order valence-electron chi connectivity index (χ3n) is 2.82. The molecule has 1 heterocycles. The van der Waals surface area contributed by atoms with Gasteiger partial charge in [-0.15, -0.1) is 0 Å². The summed E-state index contributed by atoms with van der Waals surface area (Å²) in [5.41, 5.74) is 0.824. The molecule has 106 valence electrons. The Hall–Kier alpha value is -2.46. The molecule has 0 aromatic heterocycles. The number of ether oxygens (including phenoxy) is 3. The van der Waals surface area contributed by atoms with Crippen LogP contribution < -0.4 is 14.2 Å². The van der Waals surface area contributed by atoms with Crippen LogP contribution in [0.2, 0.25) is 5.02 Å². The zero-order chi connectivity index (χ0) is 14.7. The first kappa shape index (κ1) is 13.5. The van der Waals surface area contributed by atoms with Gasteiger partial charge in [-0.25, -0.2) is 4.79 Å². The number of esters is 1. The van der Waals surface area contributed by atoms with Gasteiger partial charge in [-0.2, -0.15) is 0 Å². The lowest BCUT2D eigenvalue weighted by Crippen LogP contribution is -2.03. The van der Waals surface area contributed by atoms with Crippen molar-refractivity contribution in [2.24, 2.45) is 0 Å². The molecule has 0 amide bonds. The molecule has 0 fully saturated rings. The summed E-state index contributed by atoms with van der Waals surface area (Å²) < 4.78 is 15.6. The van der Waals surface area contributed by atoms with E-state index in [9.17, 15) is 4.79 Å². The molecule has 1 aliphatic rings. The van der Waals surface area contributed by atoms with E-state index in [4.69, 9.17) is 25.8 Å². The van der Waals surface area contributed by atoms with Gasteiger partial charge in [-0.1, -0.05) is 23.7 Å². The van der Waals surface area contributed by atoms with Crippen molar-refractivity contribution >= 4 is 23.6 Å². The average Bonchev–Trinajstić information content (AvgIpc) is 2.93. The van der Waals surface area contributed by atoms with Crippen molar-refractivity contribution in [3.05, 3.63) is 59.1 Å². The minimum Gasteiger partial charge on any atom is -0.454 e. The predicted molar refractivity (Wildman–Crippen MR) is 78.7 cm³/mol. The maximum Gasteiger partial charge on any atom is 0.336 e. The zero-order valence-electron chi connectivity index (χ0n) is 10.9. The van der Waals surface area contributed by atoms with Gasteiger partial charge in [-0.3, -0.25) is 0 Å². The molecule has 3 rings (SSSR count). The van der Waals surface area contributed by atoms with Crippen LogP contribution in [0, 0.1) is 0 Å². The molecule has 0 bridgehead atoms. The summed E-state index contributed by atoms with van der Waals surface area (Å²) in [6, 6.07) is 12.1. The molecule has 0 radical (unpaired) electrons. The largest absolute Gasteiger partial charge is 0.454 e. The number of rotatable bonds is 3. The SMILES string of the molecule is O=C(C=Cc1cccc(Cl)c1)Oc1ccc2c(c1)OCO2. The number of carbonyl (C=O) groups is 1. The average molecular weight is 303 g/mol. The molecule has 4 nitrogen and oxygen atoms in total. The second kappa shape index (κ2) is 5.89. The van der Waals surface area contributed by atoms with Gasteiger partial charge in [-0.05, 0) is 35.9 Å². The Kier molecular flexibility index (Phi) is 3.79. The molecule has 0 aliphatic carbocycles. The maximum absolute atomic E-state index is 11.8. The van der Waals surface area contributed by atoms with E-state index in [0.717, 1.165) is 5.56 Å². The van der Waals surface area contributed by atoms with Crippen LogP contribution in [0.25, 0.3) is 6.08 Å². The van der Waals surface area contributed by atoms with Crippen molar-refractivity contribution in [1.29, 1.82) is 0 Å². The number of hydrogen-bond acceptors (Lipinski definition) is 4. The number of benzene rings is 2. The van der Waals surface area contributed by atoms with E-state index in [-0.39, 0.29) is 6.79 Å². The molecule has 5 heteroatoms. The van der Waals surface area contributed by atoms with Crippen molar-refractivity contribution in [2.45, 2.75) is 0 Å². The fourth-order valence-electron chi connectivity index (χ4n) is 1.87. The van der Waals surface area contributed by atoms with Gasteiger partial charge in [0.15, 0.2) is 11.5 Å². The van der Waals surface area contributed by atoms with E-state index in [1.807, 2.05) is 12.1 Å². The number of hydrogen-bond donors (Lipinski definition) is 0. The fraction of sp³-hybridized carbons (Fsp3) is 0.0625. The molecule has 0 atom stereocenters. The van der Waals surface area contributed by atoms with Crippen LogP contribution in [0.1, 0.15) is 5.56 Å². The molecular weight excluding hydrogens is 292 g/mol. The van der Waals surface area contributed by atoms with Gasteiger partial charge in [0.2, 0.25) is 6.79 Å². The highest BCUT2D eigenvalue weighted by Gasteiger charge is 2.14. The minimum atomic E-state index is -0.478. The number of carbonyl (C=O) groups excluding carboxylic acids is 1. The first-order chi connectivity index (χ1) is 10.2. The molecule has 0 spiro atoms. The maximum atomic E-state index is 11.8. The first-order valence-electron chi connectivity index (χ1n) is 6.26. The van der Waals surface area contributed by atoms with E-state index >= 15 is 0 Å². The molecule has 1 aliphatic heterocycles. The summed E-state index contributed by atoms with van der Waals surface area (Å²) >= 11 is 5.87. The van der Waals surface area contributed by atoms with E-state index in [0.29, 0.717) is 22.3 Å². The Morgan fingerprint density at radius 2 is 2.00 bits per heavy atom. The van der Waals surface area contributed by atoms with Crippen molar-refractivity contribution in [3.8, 4) is 17.2 Å². The standard InChI is InChI=1S/C16H11ClO4/c17-12-3-1-2-11(8-12)4-7-16(18)21-13-5-6-14-15(9-13)20-10-19-14/h1-9H,10H2. The minimum absolute atomic E-state index is 0.182. The summed E-state index contributed by atoms with van der Waals surface area (Å²) in [7, 11) is 0. The Morgan fingerprint density at radius 3 is 2.86 bits per heavy atom. The zero-order valence-corrected chi connectivity index (χ0v) is 11.7. The van der Waals surface area contributed by atoms with Gasteiger partial charge in [0, 0.05) is 17.2 Å². The Labute approximate surface area is 126 Å². The van der Waals surface area contributed by atoms with E-state index in [1.54, 1.807) is 36.4 Å². The summed E-state index contributed by atoms with van der Waals surface area (Å²) in [4.78, 5) is 11.8. The summed E-state index contributed by atoms with van der Waals surface area (Å²) in [5, 5.41) is 0.612. The van der Waals surface area contributed by atoms with E-state index < -0.39 is 5.97 Å². The van der Waals surface area contributed by atoms with Crippen LogP contribution in [0.4, 0.5) is 0 Å². The van der Waals surface area contributed by atoms with Crippen LogP contribution in [-0.4, -0.2) is 12.8 Å². The Balaban J connectivity index is 1.66. The molecule has 0 saturated carbocycles. The monoisotopic (exact) mass is 302 g/mol. The van der Waals surface area contributed by atoms with Crippen LogP contribution in [0.3, 0.4) is 0 Å². The summed E-state index contributed by atoms with van der Waals surface area (Å²) in [5.74, 6) is 1.14. The van der Waals surface area contributed by atoms with Crippen molar-refractivity contribution in [3.63, 3.8) is 0 Å². The molecule has 21 heavy (non-hydrogen) atoms. The highest BCUT2D eigenvalue weighted by molar-refractivity contribution is 6.30.